The molecule has 1 aromatic rings. The molecule has 0 heterocycles. The Labute approximate surface area is 111 Å². The van der Waals surface area contributed by atoms with Crippen LogP contribution < -0.4 is 5.73 Å². The molecule has 1 aromatic carbocycles. The van der Waals surface area contributed by atoms with Crippen molar-refractivity contribution in [1.29, 1.82) is 0 Å². The molecule has 0 aliphatic heterocycles. The van der Waals surface area contributed by atoms with Gasteiger partial charge >= 0.3 is 0 Å². The maximum atomic E-state index is 6.05. The van der Waals surface area contributed by atoms with Crippen LogP contribution in [0.4, 0.5) is 0 Å². The molecule has 0 radical (unpaired) electrons. The summed E-state index contributed by atoms with van der Waals surface area (Å²) in [4.78, 5) is 2.42. The summed E-state index contributed by atoms with van der Waals surface area (Å²) in [6.07, 6.45) is 5.89. The van der Waals surface area contributed by atoms with E-state index in [4.69, 9.17) is 5.73 Å². The zero-order valence-corrected chi connectivity index (χ0v) is 11.9. The number of hydrogen-bond acceptors (Lipinski definition) is 2. The van der Waals surface area contributed by atoms with E-state index in [2.05, 4.69) is 50.2 Å². The first kappa shape index (κ1) is 13.6. The van der Waals surface area contributed by atoms with Gasteiger partial charge in [0.1, 0.15) is 0 Å². The Bertz CT molecular complexity index is 373. The predicted molar refractivity (Wildman–Crippen MR) is 77.7 cm³/mol. The van der Waals surface area contributed by atoms with E-state index in [1.165, 1.54) is 24.0 Å². The monoisotopic (exact) mass is 246 g/mol. The largest absolute Gasteiger partial charge is 0.328 e. The third kappa shape index (κ3) is 2.93. The maximum absolute atomic E-state index is 6.05. The van der Waals surface area contributed by atoms with Gasteiger partial charge in [0.05, 0.1) is 0 Å². The SMILES string of the molecule is Cc1ccc(CC2(N(C)C)CCC(N)CC2)cc1. The topological polar surface area (TPSA) is 29.3 Å². The summed E-state index contributed by atoms with van der Waals surface area (Å²) in [5, 5.41) is 0. The third-order valence-electron chi connectivity index (χ3n) is 4.56. The molecule has 2 nitrogen and oxygen atoms in total. The summed E-state index contributed by atoms with van der Waals surface area (Å²) in [7, 11) is 4.43. The van der Waals surface area contributed by atoms with Gasteiger partial charge in [-0.2, -0.15) is 0 Å². The number of aryl methyl sites for hydroxylation is 1. The highest BCUT2D eigenvalue weighted by Crippen LogP contribution is 2.34. The van der Waals surface area contributed by atoms with E-state index in [1.54, 1.807) is 0 Å². The van der Waals surface area contributed by atoms with E-state index < -0.39 is 0 Å². The molecule has 2 heteroatoms. The first-order valence-electron chi connectivity index (χ1n) is 7.00. The lowest BCUT2D eigenvalue weighted by Crippen LogP contribution is -2.50. The molecule has 0 bridgehead atoms. The van der Waals surface area contributed by atoms with Crippen LogP contribution in [0.3, 0.4) is 0 Å². The molecule has 2 rings (SSSR count). The highest BCUT2D eigenvalue weighted by molar-refractivity contribution is 5.23. The van der Waals surface area contributed by atoms with Crippen LogP contribution in [0.15, 0.2) is 24.3 Å². The Morgan fingerprint density at radius 3 is 2.22 bits per heavy atom. The van der Waals surface area contributed by atoms with E-state index in [-0.39, 0.29) is 0 Å². The number of rotatable bonds is 3. The second kappa shape index (κ2) is 5.41. The zero-order valence-electron chi connectivity index (χ0n) is 11.9. The molecule has 0 amide bonds. The van der Waals surface area contributed by atoms with Gasteiger partial charge in [0.15, 0.2) is 0 Å². The lowest BCUT2D eigenvalue weighted by Gasteiger charge is -2.45. The van der Waals surface area contributed by atoms with Gasteiger partial charge in [-0.05, 0) is 58.7 Å². The van der Waals surface area contributed by atoms with Crippen molar-refractivity contribution in [1.82, 2.24) is 4.90 Å². The van der Waals surface area contributed by atoms with E-state index in [0.29, 0.717) is 11.6 Å². The van der Waals surface area contributed by atoms with Gasteiger partial charge in [0, 0.05) is 11.6 Å². The molecular formula is C16H26N2. The fourth-order valence-corrected chi connectivity index (χ4v) is 3.05. The minimum Gasteiger partial charge on any atom is -0.328 e. The summed E-state index contributed by atoms with van der Waals surface area (Å²) in [5.74, 6) is 0. The Balaban J connectivity index is 2.13. The molecule has 1 aliphatic rings. The van der Waals surface area contributed by atoms with Crippen LogP contribution in [-0.4, -0.2) is 30.6 Å². The fourth-order valence-electron chi connectivity index (χ4n) is 3.05. The summed E-state index contributed by atoms with van der Waals surface area (Å²) in [6.45, 7) is 2.14. The normalized spacial score (nSPS) is 28.6. The van der Waals surface area contributed by atoms with Gasteiger partial charge in [0.25, 0.3) is 0 Å². The van der Waals surface area contributed by atoms with Crippen LogP contribution >= 0.6 is 0 Å². The van der Waals surface area contributed by atoms with Crippen LogP contribution in [0.1, 0.15) is 36.8 Å². The Kier molecular flexibility index (Phi) is 4.08. The molecule has 0 atom stereocenters. The molecule has 1 aliphatic carbocycles. The van der Waals surface area contributed by atoms with Gasteiger partial charge in [-0.3, -0.25) is 0 Å². The average molecular weight is 246 g/mol. The van der Waals surface area contributed by atoms with Gasteiger partial charge < -0.3 is 10.6 Å². The second-order valence-electron chi connectivity index (χ2n) is 6.12. The molecule has 0 aromatic heterocycles. The van der Waals surface area contributed by atoms with E-state index in [0.717, 1.165) is 19.3 Å². The van der Waals surface area contributed by atoms with Crippen molar-refractivity contribution in [2.24, 2.45) is 5.73 Å². The van der Waals surface area contributed by atoms with E-state index in [1.807, 2.05) is 0 Å². The minimum atomic E-state index is 0.311. The lowest BCUT2D eigenvalue weighted by atomic mass is 9.75. The first-order chi connectivity index (χ1) is 8.52. The maximum Gasteiger partial charge on any atom is 0.0244 e. The smallest absolute Gasteiger partial charge is 0.0244 e. The van der Waals surface area contributed by atoms with Crippen LogP contribution in [0.2, 0.25) is 0 Å². The number of likely N-dealkylation sites (N-methyl/N-ethyl adjacent to an activating group) is 1. The van der Waals surface area contributed by atoms with Crippen LogP contribution in [-0.2, 0) is 6.42 Å². The Morgan fingerprint density at radius 2 is 1.72 bits per heavy atom. The highest BCUT2D eigenvalue weighted by atomic mass is 15.1. The quantitative estimate of drug-likeness (QED) is 0.888. The highest BCUT2D eigenvalue weighted by Gasteiger charge is 2.36. The van der Waals surface area contributed by atoms with E-state index >= 15 is 0 Å². The van der Waals surface area contributed by atoms with Crippen molar-refractivity contribution in [3.8, 4) is 0 Å². The van der Waals surface area contributed by atoms with Crippen LogP contribution in [0, 0.1) is 6.92 Å². The number of hydrogen-bond donors (Lipinski definition) is 1. The van der Waals surface area contributed by atoms with Gasteiger partial charge in [-0.1, -0.05) is 29.8 Å². The first-order valence-corrected chi connectivity index (χ1v) is 7.00. The molecule has 0 spiro atoms. The lowest BCUT2D eigenvalue weighted by molar-refractivity contribution is 0.0934. The van der Waals surface area contributed by atoms with Crippen LogP contribution in [0.25, 0.3) is 0 Å². The van der Waals surface area contributed by atoms with E-state index in [9.17, 15) is 0 Å². The number of nitrogens with zero attached hydrogens (tertiary/aromatic N) is 1. The molecule has 1 fully saturated rings. The Morgan fingerprint density at radius 1 is 1.17 bits per heavy atom. The van der Waals surface area contributed by atoms with Gasteiger partial charge in [0.2, 0.25) is 0 Å². The molecule has 0 unspecified atom stereocenters. The molecule has 1 saturated carbocycles. The van der Waals surface area contributed by atoms with Crippen molar-refractivity contribution in [2.45, 2.75) is 50.6 Å². The fraction of sp³-hybridized carbons (Fsp3) is 0.625. The minimum absolute atomic E-state index is 0.311. The number of benzene rings is 1. The second-order valence-corrected chi connectivity index (χ2v) is 6.12. The summed E-state index contributed by atoms with van der Waals surface area (Å²) < 4.78 is 0. The van der Waals surface area contributed by atoms with Gasteiger partial charge in [-0.25, -0.2) is 0 Å². The van der Waals surface area contributed by atoms with Crippen molar-refractivity contribution in [3.05, 3.63) is 35.4 Å². The molecule has 100 valence electrons. The summed E-state index contributed by atoms with van der Waals surface area (Å²) in [5.41, 5.74) is 9.15. The van der Waals surface area contributed by atoms with Crippen molar-refractivity contribution in [2.75, 3.05) is 14.1 Å². The predicted octanol–water partition coefficient (Wildman–Crippen LogP) is 2.74. The Hall–Kier alpha value is -0.860. The van der Waals surface area contributed by atoms with Crippen LogP contribution in [0.5, 0.6) is 0 Å². The summed E-state index contributed by atoms with van der Waals surface area (Å²) >= 11 is 0. The van der Waals surface area contributed by atoms with Gasteiger partial charge in [-0.15, -0.1) is 0 Å². The third-order valence-corrected chi connectivity index (χ3v) is 4.56. The zero-order chi connectivity index (χ0) is 13.2. The molecule has 0 saturated heterocycles. The van der Waals surface area contributed by atoms with Crippen molar-refractivity contribution >= 4 is 0 Å². The average Bonchev–Trinajstić information content (AvgIpc) is 2.35. The molecule has 18 heavy (non-hydrogen) atoms. The van der Waals surface area contributed by atoms with Crippen molar-refractivity contribution < 1.29 is 0 Å². The standard InChI is InChI=1S/C16H26N2/c1-13-4-6-14(7-5-13)12-16(18(2)3)10-8-15(17)9-11-16/h4-7,15H,8-12,17H2,1-3H3. The van der Waals surface area contributed by atoms with Crippen molar-refractivity contribution in [3.63, 3.8) is 0 Å². The summed E-state index contributed by atoms with van der Waals surface area (Å²) in [6, 6.07) is 9.39. The number of nitrogens with two attached hydrogens (primary N) is 1. The molecule has 2 N–H and O–H groups in total. The molecular weight excluding hydrogens is 220 g/mol.